The van der Waals surface area contributed by atoms with E-state index < -0.39 is 10.0 Å². The van der Waals surface area contributed by atoms with Crippen LogP contribution in [-0.2, 0) is 16.6 Å². The summed E-state index contributed by atoms with van der Waals surface area (Å²) in [5.74, 6) is 0. The van der Waals surface area contributed by atoms with Crippen LogP contribution in [0.5, 0.6) is 0 Å². The molecule has 1 aliphatic rings. The standard InChI is InChI=1S/C7H6N2O3S/c10-8-9-5-6-3-1-2-4-7(6)13(9,11)12/h1-4H,5H2/i8+1. The number of benzene rings is 1. The molecule has 0 saturated carbocycles. The van der Waals surface area contributed by atoms with Crippen LogP contribution in [-0.4, -0.2) is 12.8 Å². The highest BCUT2D eigenvalue weighted by molar-refractivity contribution is 7.89. The first-order valence-electron chi connectivity index (χ1n) is 3.60. The first-order chi connectivity index (χ1) is 6.16. The van der Waals surface area contributed by atoms with E-state index in [1.54, 1.807) is 18.2 Å². The first-order valence-corrected chi connectivity index (χ1v) is 5.04. The summed E-state index contributed by atoms with van der Waals surface area (Å²) in [5, 5.41) is 2.45. The van der Waals surface area contributed by atoms with E-state index in [-0.39, 0.29) is 11.4 Å². The molecule has 0 unspecified atom stereocenters. The Balaban J connectivity index is 2.67. The molecule has 1 aromatic rings. The van der Waals surface area contributed by atoms with E-state index in [2.05, 4.69) is 5.29 Å². The fraction of sp³-hybridized carbons (Fsp3) is 0.143. The van der Waals surface area contributed by atoms with Gasteiger partial charge in [0.05, 0.1) is 16.7 Å². The Morgan fingerprint density at radius 3 is 2.62 bits per heavy atom. The minimum absolute atomic E-state index is 0.0437. The Morgan fingerprint density at radius 1 is 1.31 bits per heavy atom. The number of nitroso groups, excluding NO2 is 1. The predicted molar refractivity (Wildman–Crippen MR) is 45.0 cm³/mol. The summed E-state index contributed by atoms with van der Waals surface area (Å²) >= 11 is 0. The van der Waals surface area contributed by atoms with Crippen molar-refractivity contribution in [1.82, 2.24) is 4.41 Å². The lowest BCUT2D eigenvalue weighted by Crippen LogP contribution is -2.16. The zero-order chi connectivity index (χ0) is 9.47. The van der Waals surface area contributed by atoms with Gasteiger partial charge in [0.25, 0.3) is 10.0 Å². The summed E-state index contributed by atoms with van der Waals surface area (Å²) in [6, 6.07) is 6.47. The van der Waals surface area contributed by atoms with Gasteiger partial charge >= 0.3 is 0 Å². The van der Waals surface area contributed by atoms with Crippen LogP contribution in [0.25, 0.3) is 0 Å². The highest BCUT2D eigenvalue weighted by Gasteiger charge is 2.34. The van der Waals surface area contributed by atoms with Gasteiger partial charge in [0.15, 0.2) is 0 Å². The summed E-state index contributed by atoms with van der Waals surface area (Å²) in [7, 11) is -3.64. The van der Waals surface area contributed by atoms with Crippen LogP contribution in [0.4, 0.5) is 0 Å². The molecule has 0 aliphatic carbocycles. The molecule has 1 aliphatic heterocycles. The highest BCUT2D eigenvalue weighted by atomic mass is 32.2. The second-order valence-corrected chi connectivity index (χ2v) is 4.49. The van der Waals surface area contributed by atoms with E-state index in [4.69, 9.17) is 0 Å². The van der Waals surface area contributed by atoms with Crippen LogP contribution in [0.15, 0.2) is 34.4 Å². The van der Waals surface area contributed by atoms with E-state index in [1.165, 1.54) is 6.07 Å². The molecule has 0 N–H and O–H groups in total. The normalized spacial score (nSPS) is 18.3. The van der Waals surface area contributed by atoms with Crippen molar-refractivity contribution < 1.29 is 8.42 Å². The van der Waals surface area contributed by atoms with Crippen molar-refractivity contribution in [3.05, 3.63) is 34.7 Å². The monoisotopic (exact) mass is 199 g/mol. The van der Waals surface area contributed by atoms with Crippen LogP contribution >= 0.6 is 0 Å². The van der Waals surface area contributed by atoms with E-state index in [1.807, 2.05) is 0 Å². The lowest BCUT2D eigenvalue weighted by atomic mass is 10.2. The molecule has 1 heterocycles. The largest absolute Gasteiger partial charge is 0.282 e. The molecule has 13 heavy (non-hydrogen) atoms. The van der Waals surface area contributed by atoms with Gasteiger partial charge in [-0.2, -0.15) is 8.42 Å². The molecule has 68 valence electrons. The topological polar surface area (TPSA) is 66.8 Å². The molecule has 2 rings (SSSR count). The van der Waals surface area contributed by atoms with Gasteiger partial charge < -0.3 is 0 Å². The van der Waals surface area contributed by atoms with Crippen molar-refractivity contribution in [2.45, 2.75) is 11.4 Å². The number of fused-ring (bicyclic) bond motifs is 1. The summed E-state index contributed by atoms with van der Waals surface area (Å²) in [5.41, 5.74) is 0.613. The SMILES string of the molecule is O=[15N]N1Cc2ccccc2S1(=O)=O. The molecule has 0 atom stereocenters. The average Bonchev–Trinajstić information content (AvgIpc) is 2.39. The van der Waals surface area contributed by atoms with Crippen molar-refractivity contribution in [3.63, 3.8) is 0 Å². The van der Waals surface area contributed by atoms with E-state index in [9.17, 15) is 13.3 Å². The Hall–Kier alpha value is -1.43. The lowest BCUT2D eigenvalue weighted by molar-refractivity contribution is 0.442. The molecule has 1 aromatic carbocycles. The number of hydrogen-bond acceptors (Lipinski definition) is 4. The molecule has 0 spiro atoms. The third kappa shape index (κ3) is 1.02. The zero-order valence-corrected chi connectivity index (χ0v) is 7.36. The Bertz CT molecular complexity index is 455. The highest BCUT2D eigenvalue weighted by Crippen LogP contribution is 2.29. The third-order valence-electron chi connectivity index (χ3n) is 1.92. The second kappa shape index (κ2) is 2.53. The van der Waals surface area contributed by atoms with Gasteiger partial charge in [-0.1, -0.05) is 18.2 Å². The Kier molecular flexibility index (Phi) is 1.59. The second-order valence-electron chi connectivity index (χ2n) is 2.67. The maximum Gasteiger partial charge on any atom is 0.282 e. The Morgan fingerprint density at radius 2 is 2.00 bits per heavy atom. The number of sulfonamides is 1. The molecule has 0 amide bonds. The van der Waals surface area contributed by atoms with Gasteiger partial charge in [-0.3, -0.25) is 0 Å². The van der Waals surface area contributed by atoms with Gasteiger partial charge in [-0.05, 0) is 11.6 Å². The van der Waals surface area contributed by atoms with Gasteiger partial charge in [0.2, 0.25) is 0 Å². The molecule has 0 fully saturated rings. The molecule has 0 aromatic heterocycles. The lowest BCUT2D eigenvalue weighted by Gasteiger charge is -2.02. The summed E-state index contributed by atoms with van der Waals surface area (Å²) < 4.78 is 23.4. The van der Waals surface area contributed by atoms with Crippen molar-refractivity contribution in [1.29, 1.82) is 0 Å². The number of hydrogen-bond donors (Lipinski definition) is 0. The third-order valence-corrected chi connectivity index (χ3v) is 3.63. The van der Waals surface area contributed by atoms with E-state index >= 15 is 0 Å². The fourth-order valence-electron chi connectivity index (χ4n) is 1.30. The quantitative estimate of drug-likeness (QED) is 0.498. The summed E-state index contributed by atoms with van der Waals surface area (Å²) in [4.78, 5) is 10.4. The van der Waals surface area contributed by atoms with E-state index in [0.29, 0.717) is 9.98 Å². The van der Waals surface area contributed by atoms with Crippen LogP contribution in [0.3, 0.4) is 0 Å². The van der Waals surface area contributed by atoms with Gasteiger partial charge in [-0.25, -0.2) is 0 Å². The predicted octanol–water partition coefficient (Wildman–Crippen LogP) is 0.872. The van der Waals surface area contributed by atoms with Crippen LogP contribution in [0.2, 0.25) is 0 Å². The number of rotatable bonds is 1. The average molecular weight is 199 g/mol. The maximum atomic E-state index is 11.4. The van der Waals surface area contributed by atoms with E-state index in [0.717, 1.165) is 0 Å². The fourth-order valence-corrected chi connectivity index (χ4v) is 2.64. The summed E-state index contributed by atoms with van der Waals surface area (Å²) in [6.07, 6.45) is 0. The smallest absolute Gasteiger partial charge is 0.199 e. The van der Waals surface area contributed by atoms with Crippen molar-refractivity contribution in [3.8, 4) is 0 Å². The first kappa shape index (κ1) is 8.18. The van der Waals surface area contributed by atoms with Crippen LogP contribution in [0, 0.1) is 4.91 Å². The molecular formula is C7H6N2O3S. The van der Waals surface area contributed by atoms with Crippen LogP contribution < -0.4 is 0 Å². The molecule has 0 saturated heterocycles. The zero-order valence-electron chi connectivity index (χ0n) is 6.54. The Labute approximate surface area is 75.0 Å². The van der Waals surface area contributed by atoms with Crippen molar-refractivity contribution in [2.75, 3.05) is 0 Å². The van der Waals surface area contributed by atoms with Gasteiger partial charge in [0, 0.05) is 0 Å². The summed E-state index contributed by atoms with van der Waals surface area (Å²) in [6.45, 7) is 0.0437. The molecular weight excluding hydrogens is 193 g/mol. The molecule has 0 bridgehead atoms. The minimum Gasteiger partial charge on any atom is -0.199 e. The molecule has 0 radical (unpaired) electrons. The van der Waals surface area contributed by atoms with Crippen molar-refractivity contribution in [2.24, 2.45) is 5.29 Å². The van der Waals surface area contributed by atoms with Gasteiger partial charge in [-0.15, -0.1) is 9.32 Å². The van der Waals surface area contributed by atoms with Crippen LogP contribution in [0.1, 0.15) is 5.56 Å². The number of nitrogens with zero attached hydrogens (tertiary/aromatic N) is 2. The maximum absolute atomic E-state index is 11.4. The minimum atomic E-state index is -3.64. The molecule has 5 nitrogen and oxygen atoms in total. The molecule has 6 heteroatoms. The van der Waals surface area contributed by atoms with Crippen molar-refractivity contribution >= 4 is 10.0 Å². The van der Waals surface area contributed by atoms with Gasteiger partial charge in [0.1, 0.15) is 0 Å².